The zero-order chi connectivity index (χ0) is 16.9. The van der Waals surface area contributed by atoms with Crippen molar-refractivity contribution in [2.45, 2.75) is 20.5 Å². The summed E-state index contributed by atoms with van der Waals surface area (Å²) in [5, 5.41) is 11.0. The zero-order valence-electron chi connectivity index (χ0n) is 13.6. The summed E-state index contributed by atoms with van der Waals surface area (Å²) in [4.78, 5) is 0. The summed E-state index contributed by atoms with van der Waals surface area (Å²) in [7, 11) is 0. The quantitative estimate of drug-likeness (QED) is 0.565. The fraction of sp³-hybridized carbons (Fsp3) is 0.167. The predicted molar refractivity (Wildman–Crippen MR) is 97.1 cm³/mol. The van der Waals surface area contributed by atoms with Gasteiger partial charge in [-0.3, -0.25) is 5.10 Å². The number of nitrogens with zero attached hydrogens (tertiary/aromatic N) is 3. The Morgan fingerprint density at radius 1 is 1.12 bits per heavy atom. The van der Waals surface area contributed by atoms with Gasteiger partial charge in [0.15, 0.2) is 0 Å². The van der Waals surface area contributed by atoms with Crippen molar-refractivity contribution in [3.05, 3.63) is 75.8 Å². The van der Waals surface area contributed by atoms with Crippen LogP contribution in [0, 0.1) is 18.6 Å². The zero-order valence-corrected chi connectivity index (χ0v) is 14.4. The number of aromatic amines is 1. The lowest BCUT2D eigenvalue weighted by Crippen LogP contribution is -1.96. The Kier molecular flexibility index (Phi) is 4.86. The van der Waals surface area contributed by atoms with Crippen molar-refractivity contribution < 1.29 is 4.74 Å². The largest absolute Gasteiger partial charge is 0.489 e. The first-order chi connectivity index (χ1) is 11.6. The maximum atomic E-state index is 5.79. The molecule has 0 amide bonds. The standard InChI is InChI=1S/C18H18N4OS/c1-13-3-5-16(6-4-13)12-23-17-9-7-15(8-10-17)11-19-22-14(2)20-21-18(22)24/h3-11H,12H2,1-2H3,(H,21,24)/b19-11-. The minimum Gasteiger partial charge on any atom is -0.489 e. The Morgan fingerprint density at radius 2 is 1.83 bits per heavy atom. The van der Waals surface area contributed by atoms with Crippen LogP contribution >= 0.6 is 12.2 Å². The van der Waals surface area contributed by atoms with E-state index >= 15 is 0 Å². The van der Waals surface area contributed by atoms with Crippen LogP contribution in [0.25, 0.3) is 0 Å². The molecule has 0 bridgehead atoms. The third-order valence-electron chi connectivity index (χ3n) is 3.54. The Morgan fingerprint density at radius 3 is 2.46 bits per heavy atom. The van der Waals surface area contributed by atoms with Gasteiger partial charge in [0.2, 0.25) is 4.77 Å². The first kappa shape index (κ1) is 16.1. The van der Waals surface area contributed by atoms with Gasteiger partial charge in [-0.25, -0.2) is 0 Å². The summed E-state index contributed by atoms with van der Waals surface area (Å²) < 4.78 is 7.85. The van der Waals surface area contributed by atoms with E-state index < -0.39 is 0 Å². The molecule has 0 fully saturated rings. The number of hydrogen-bond acceptors (Lipinski definition) is 4. The average molecular weight is 338 g/mol. The molecule has 3 aromatic rings. The summed E-state index contributed by atoms with van der Waals surface area (Å²) in [6.45, 7) is 4.46. The Balaban J connectivity index is 1.63. The van der Waals surface area contributed by atoms with E-state index in [1.54, 1.807) is 10.9 Å². The maximum absolute atomic E-state index is 5.79. The molecule has 0 unspecified atom stereocenters. The fourth-order valence-electron chi connectivity index (χ4n) is 2.13. The molecular formula is C18H18N4OS. The summed E-state index contributed by atoms with van der Waals surface area (Å²) in [5.74, 6) is 1.54. The second-order valence-electron chi connectivity index (χ2n) is 5.48. The SMILES string of the molecule is Cc1ccc(COc2ccc(/C=N\n3c(C)n[nH]c3=S)cc2)cc1. The fourth-order valence-corrected chi connectivity index (χ4v) is 2.36. The van der Waals surface area contributed by atoms with Crippen LogP contribution in [0.5, 0.6) is 5.75 Å². The normalized spacial score (nSPS) is 11.1. The van der Waals surface area contributed by atoms with E-state index in [1.165, 1.54) is 5.56 Å². The van der Waals surface area contributed by atoms with Crippen molar-refractivity contribution in [2.24, 2.45) is 5.10 Å². The molecule has 0 aliphatic carbocycles. The highest BCUT2D eigenvalue weighted by Gasteiger charge is 1.99. The van der Waals surface area contributed by atoms with E-state index in [0.717, 1.165) is 16.9 Å². The molecule has 5 nitrogen and oxygen atoms in total. The molecule has 2 aromatic carbocycles. The Labute approximate surface area is 145 Å². The highest BCUT2D eigenvalue weighted by atomic mass is 32.1. The number of nitrogens with one attached hydrogen (secondary N) is 1. The molecule has 0 saturated carbocycles. The van der Waals surface area contributed by atoms with Crippen molar-refractivity contribution in [3.63, 3.8) is 0 Å². The van der Waals surface area contributed by atoms with Crippen molar-refractivity contribution in [3.8, 4) is 5.75 Å². The second kappa shape index (κ2) is 7.23. The number of aromatic nitrogens is 3. The lowest BCUT2D eigenvalue weighted by Gasteiger charge is -2.06. The van der Waals surface area contributed by atoms with Crippen LogP contribution in [0.3, 0.4) is 0 Å². The van der Waals surface area contributed by atoms with Gasteiger partial charge in [-0.2, -0.15) is 14.9 Å². The average Bonchev–Trinajstić information content (AvgIpc) is 2.92. The van der Waals surface area contributed by atoms with Crippen LogP contribution in [-0.4, -0.2) is 21.1 Å². The maximum Gasteiger partial charge on any atom is 0.216 e. The van der Waals surface area contributed by atoms with Crippen molar-refractivity contribution >= 4 is 18.4 Å². The summed E-state index contributed by atoms with van der Waals surface area (Å²) >= 11 is 5.11. The van der Waals surface area contributed by atoms with E-state index in [2.05, 4.69) is 46.5 Å². The molecule has 3 rings (SSSR count). The highest BCUT2D eigenvalue weighted by molar-refractivity contribution is 7.71. The first-order valence-electron chi connectivity index (χ1n) is 7.58. The summed E-state index contributed by atoms with van der Waals surface area (Å²) in [6, 6.07) is 16.1. The third kappa shape index (κ3) is 3.97. The van der Waals surface area contributed by atoms with Crippen LogP contribution in [0.15, 0.2) is 53.6 Å². The second-order valence-corrected chi connectivity index (χ2v) is 5.86. The van der Waals surface area contributed by atoms with Crippen molar-refractivity contribution in [1.82, 2.24) is 14.9 Å². The van der Waals surface area contributed by atoms with Gasteiger partial charge in [0.05, 0.1) is 6.21 Å². The number of benzene rings is 2. The van der Waals surface area contributed by atoms with Gasteiger partial charge in [0.25, 0.3) is 0 Å². The highest BCUT2D eigenvalue weighted by Crippen LogP contribution is 2.14. The van der Waals surface area contributed by atoms with Crippen molar-refractivity contribution in [1.29, 1.82) is 0 Å². The summed E-state index contributed by atoms with van der Waals surface area (Å²) in [6.07, 6.45) is 1.74. The van der Waals surface area contributed by atoms with Gasteiger partial charge >= 0.3 is 0 Å². The molecule has 122 valence electrons. The lowest BCUT2D eigenvalue weighted by molar-refractivity contribution is 0.306. The Bertz CT molecular complexity index is 892. The first-order valence-corrected chi connectivity index (χ1v) is 7.99. The van der Waals surface area contributed by atoms with Crippen LogP contribution < -0.4 is 4.74 Å². The summed E-state index contributed by atoms with van der Waals surface area (Å²) in [5.41, 5.74) is 3.35. The number of ether oxygens (including phenoxy) is 1. The minimum absolute atomic E-state index is 0.474. The topological polar surface area (TPSA) is 55.2 Å². The van der Waals surface area contributed by atoms with Crippen LogP contribution in [-0.2, 0) is 6.61 Å². The molecule has 1 aromatic heterocycles. The molecule has 0 atom stereocenters. The molecule has 1 heterocycles. The molecule has 6 heteroatoms. The van der Waals surface area contributed by atoms with Crippen LogP contribution in [0.4, 0.5) is 0 Å². The molecule has 0 radical (unpaired) electrons. The monoisotopic (exact) mass is 338 g/mol. The molecule has 0 aliphatic heterocycles. The van der Waals surface area contributed by atoms with E-state index in [4.69, 9.17) is 17.0 Å². The molecule has 0 spiro atoms. The van der Waals surface area contributed by atoms with Gasteiger partial charge in [-0.15, -0.1) is 0 Å². The van der Waals surface area contributed by atoms with Gasteiger partial charge in [0.1, 0.15) is 18.2 Å². The van der Waals surface area contributed by atoms with Crippen molar-refractivity contribution in [2.75, 3.05) is 0 Å². The number of H-pyrrole nitrogens is 1. The van der Waals surface area contributed by atoms with E-state index in [1.807, 2.05) is 31.2 Å². The number of aryl methyl sites for hydroxylation is 2. The van der Waals surface area contributed by atoms with Gasteiger partial charge in [-0.05, 0) is 61.5 Å². The molecule has 24 heavy (non-hydrogen) atoms. The third-order valence-corrected chi connectivity index (χ3v) is 3.80. The molecule has 1 N–H and O–H groups in total. The Hall–Kier alpha value is -2.73. The molecule has 0 saturated heterocycles. The van der Waals surface area contributed by atoms with E-state index in [9.17, 15) is 0 Å². The van der Waals surface area contributed by atoms with Gasteiger partial charge in [-0.1, -0.05) is 29.8 Å². The number of hydrogen-bond donors (Lipinski definition) is 1. The predicted octanol–water partition coefficient (Wildman–Crippen LogP) is 4.02. The van der Waals surface area contributed by atoms with Gasteiger partial charge < -0.3 is 4.74 Å². The van der Waals surface area contributed by atoms with E-state index in [-0.39, 0.29) is 0 Å². The van der Waals surface area contributed by atoms with E-state index in [0.29, 0.717) is 17.2 Å². The van der Waals surface area contributed by atoms with Crippen LogP contribution in [0.2, 0.25) is 0 Å². The minimum atomic E-state index is 0.474. The smallest absolute Gasteiger partial charge is 0.216 e. The lowest BCUT2D eigenvalue weighted by atomic mass is 10.2. The van der Waals surface area contributed by atoms with Gasteiger partial charge in [0, 0.05) is 0 Å². The van der Waals surface area contributed by atoms with Crippen LogP contribution in [0.1, 0.15) is 22.5 Å². The molecular weight excluding hydrogens is 320 g/mol. The molecule has 0 aliphatic rings. The number of rotatable bonds is 5.